The Morgan fingerprint density at radius 1 is 1.35 bits per heavy atom. The van der Waals surface area contributed by atoms with Gasteiger partial charge in [0.25, 0.3) is 5.91 Å². The van der Waals surface area contributed by atoms with Crippen molar-refractivity contribution >= 4 is 45.2 Å². The van der Waals surface area contributed by atoms with Crippen molar-refractivity contribution < 1.29 is 4.79 Å². The molecule has 1 amide bonds. The third kappa shape index (κ3) is 3.39. The van der Waals surface area contributed by atoms with Gasteiger partial charge in [-0.15, -0.1) is 0 Å². The highest BCUT2D eigenvalue weighted by Gasteiger charge is 2.17. The monoisotopic (exact) mass is 333 g/mol. The first-order chi connectivity index (χ1) is 8.18. The van der Waals surface area contributed by atoms with Crippen LogP contribution in [0.2, 0.25) is 5.02 Å². The van der Waals surface area contributed by atoms with Gasteiger partial charge in [-0.3, -0.25) is 4.79 Å². The van der Waals surface area contributed by atoms with Crippen LogP contribution in [0.15, 0.2) is 22.7 Å². The SMILES string of the molecule is O=C(c1ccc(Cl)c(Br)c1)N1CCCSCC1. The summed E-state index contributed by atoms with van der Waals surface area (Å²) >= 11 is 11.2. The summed E-state index contributed by atoms with van der Waals surface area (Å²) in [5.74, 6) is 2.28. The molecule has 0 saturated carbocycles. The second-order valence-electron chi connectivity index (χ2n) is 3.89. The molecule has 1 aliphatic heterocycles. The minimum absolute atomic E-state index is 0.102. The van der Waals surface area contributed by atoms with Crippen molar-refractivity contribution in [2.75, 3.05) is 24.6 Å². The van der Waals surface area contributed by atoms with E-state index in [4.69, 9.17) is 11.6 Å². The van der Waals surface area contributed by atoms with Gasteiger partial charge in [-0.25, -0.2) is 0 Å². The number of thioether (sulfide) groups is 1. The van der Waals surface area contributed by atoms with E-state index >= 15 is 0 Å². The summed E-state index contributed by atoms with van der Waals surface area (Å²) < 4.78 is 0.772. The highest BCUT2D eigenvalue weighted by molar-refractivity contribution is 9.10. The number of halogens is 2. The number of benzene rings is 1. The zero-order chi connectivity index (χ0) is 12.3. The zero-order valence-electron chi connectivity index (χ0n) is 9.29. The fourth-order valence-electron chi connectivity index (χ4n) is 1.76. The Kier molecular flexibility index (Phi) is 4.77. The summed E-state index contributed by atoms with van der Waals surface area (Å²) in [7, 11) is 0. The molecular weight excluding hydrogens is 322 g/mol. The second-order valence-corrected chi connectivity index (χ2v) is 6.37. The molecule has 0 unspecified atom stereocenters. The molecule has 0 bridgehead atoms. The van der Waals surface area contributed by atoms with E-state index in [1.165, 1.54) is 0 Å². The van der Waals surface area contributed by atoms with Crippen molar-refractivity contribution in [2.45, 2.75) is 6.42 Å². The van der Waals surface area contributed by atoms with Gasteiger partial charge in [0.2, 0.25) is 0 Å². The lowest BCUT2D eigenvalue weighted by Gasteiger charge is -2.20. The quantitative estimate of drug-likeness (QED) is 0.781. The van der Waals surface area contributed by atoms with Crippen molar-refractivity contribution in [1.29, 1.82) is 0 Å². The molecule has 0 aromatic heterocycles. The molecule has 0 spiro atoms. The Morgan fingerprint density at radius 3 is 2.94 bits per heavy atom. The average Bonchev–Trinajstić information content (AvgIpc) is 2.60. The minimum atomic E-state index is 0.102. The molecule has 5 heteroatoms. The molecule has 1 aromatic carbocycles. The summed E-state index contributed by atoms with van der Waals surface area (Å²) in [6.45, 7) is 1.69. The van der Waals surface area contributed by atoms with Crippen LogP contribution in [0.3, 0.4) is 0 Å². The number of carbonyl (C=O) groups is 1. The molecule has 0 N–H and O–H groups in total. The van der Waals surface area contributed by atoms with Crippen molar-refractivity contribution in [3.05, 3.63) is 33.3 Å². The standard InChI is InChI=1S/C12H13BrClNOS/c13-10-8-9(2-3-11(10)14)12(16)15-4-1-6-17-7-5-15/h2-3,8H,1,4-7H2. The molecule has 0 aliphatic carbocycles. The van der Waals surface area contributed by atoms with Crippen molar-refractivity contribution in [1.82, 2.24) is 4.90 Å². The Hall–Kier alpha value is -0.190. The number of nitrogens with zero attached hydrogens (tertiary/aromatic N) is 1. The molecule has 0 radical (unpaired) electrons. The minimum Gasteiger partial charge on any atom is -0.338 e. The molecule has 17 heavy (non-hydrogen) atoms. The summed E-state index contributed by atoms with van der Waals surface area (Å²) in [4.78, 5) is 14.2. The zero-order valence-corrected chi connectivity index (χ0v) is 12.4. The first kappa shape index (κ1) is 13.2. The number of rotatable bonds is 1. The van der Waals surface area contributed by atoms with Gasteiger partial charge in [0, 0.05) is 28.9 Å². The fourth-order valence-corrected chi connectivity index (χ4v) is 3.14. The van der Waals surface area contributed by atoms with Gasteiger partial charge < -0.3 is 4.90 Å². The molecule has 0 atom stereocenters. The van der Waals surface area contributed by atoms with Crippen LogP contribution < -0.4 is 0 Å². The lowest BCUT2D eigenvalue weighted by Crippen LogP contribution is -2.32. The van der Waals surface area contributed by atoms with Crippen LogP contribution >= 0.6 is 39.3 Å². The summed E-state index contributed by atoms with van der Waals surface area (Å²) in [6, 6.07) is 5.33. The van der Waals surface area contributed by atoms with Crippen LogP contribution in [-0.2, 0) is 0 Å². The van der Waals surface area contributed by atoms with Crippen LogP contribution in [0.1, 0.15) is 16.8 Å². The van der Waals surface area contributed by atoms with Gasteiger partial charge in [0.05, 0.1) is 5.02 Å². The van der Waals surface area contributed by atoms with E-state index < -0.39 is 0 Å². The van der Waals surface area contributed by atoms with Crippen LogP contribution in [0.25, 0.3) is 0 Å². The maximum Gasteiger partial charge on any atom is 0.253 e. The highest BCUT2D eigenvalue weighted by Crippen LogP contribution is 2.24. The molecule has 2 rings (SSSR count). The molecule has 1 heterocycles. The average molecular weight is 335 g/mol. The summed E-state index contributed by atoms with van der Waals surface area (Å²) in [5.41, 5.74) is 0.702. The molecule has 1 saturated heterocycles. The highest BCUT2D eigenvalue weighted by atomic mass is 79.9. The molecular formula is C12H13BrClNOS. The van der Waals surface area contributed by atoms with E-state index in [0.717, 1.165) is 35.5 Å². The number of carbonyl (C=O) groups excluding carboxylic acids is 1. The van der Waals surface area contributed by atoms with Crippen LogP contribution in [0.5, 0.6) is 0 Å². The van der Waals surface area contributed by atoms with Gasteiger partial charge in [-0.05, 0) is 46.3 Å². The molecule has 1 aliphatic rings. The Morgan fingerprint density at radius 2 is 2.18 bits per heavy atom. The van der Waals surface area contributed by atoms with E-state index in [1.54, 1.807) is 18.2 Å². The van der Waals surface area contributed by atoms with Crippen LogP contribution in [0.4, 0.5) is 0 Å². The number of hydrogen-bond acceptors (Lipinski definition) is 2. The van der Waals surface area contributed by atoms with Gasteiger partial charge >= 0.3 is 0 Å². The predicted molar refractivity (Wildman–Crippen MR) is 77.0 cm³/mol. The van der Waals surface area contributed by atoms with Gasteiger partial charge in [0.15, 0.2) is 0 Å². The van der Waals surface area contributed by atoms with Crippen molar-refractivity contribution in [3.8, 4) is 0 Å². The topological polar surface area (TPSA) is 20.3 Å². The third-order valence-corrected chi connectivity index (χ3v) is 4.94. The molecule has 1 fully saturated rings. The summed E-state index contributed by atoms with van der Waals surface area (Å²) in [6.07, 6.45) is 1.07. The lowest BCUT2D eigenvalue weighted by atomic mass is 10.2. The first-order valence-corrected chi connectivity index (χ1v) is 7.83. The number of amides is 1. The van der Waals surface area contributed by atoms with E-state index in [1.807, 2.05) is 16.7 Å². The van der Waals surface area contributed by atoms with Crippen molar-refractivity contribution in [2.24, 2.45) is 0 Å². The predicted octanol–water partition coefficient (Wildman–Crippen LogP) is 3.68. The molecule has 92 valence electrons. The lowest BCUT2D eigenvalue weighted by molar-refractivity contribution is 0.0768. The smallest absolute Gasteiger partial charge is 0.253 e. The Bertz CT molecular complexity index is 419. The van der Waals surface area contributed by atoms with E-state index in [9.17, 15) is 4.79 Å². The Balaban J connectivity index is 2.14. The van der Waals surface area contributed by atoms with E-state index in [-0.39, 0.29) is 5.91 Å². The van der Waals surface area contributed by atoms with Crippen molar-refractivity contribution in [3.63, 3.8) is 0 Å². The normalized spacial score (nSPS) is 16.7. The van der Waals surface area contributed by atoms with Gasteiger partial charge in [-0.1, -0.05) is 11.6 Å². The van der Waals surface area contributed by atoms with E-state index in [2.05, 4.69) is 15.9 Å². The third-order valence-electron chi connectivity index (χ3n) is 2.68. The summed E-state index contributed by atoms with van der Waals surface area (Å²) in [5, 5.41) is 0.632. The second kappa shape index (κ2) is 6.12. The largest absolute Gasteiger partial charge is 0.338 e. The molecule has 2 nitrogen and oxygen atoms in total. The van der Waals surface area contributed by atoms with Crippen LogP contribution in [0, 0.1) is 0 Å². The fraction of sp³-hybridized carbons (Fsp3) is 0.417. The van der Waals surface area contributed by atoms with Gasteiger partial charge in [0.1, 0.15) is 0 Å². The maximum atomic E-state index is 12.3. The Labute approximate surface area is 119 Å². The first-order valence-electron chi connectivity index (χ1n) is 5.50. The van der Waals surface area contributed by atoms with Gasteiger partial charge in [-0.2, -0.15) is 11.8 Å². The number of hydrogen-bond donors (Lipinski definition) is 0. The maximum absolute atomic E-state index is 12.3. The molecule has 1 aromatic rings. The van der Waals surface area contributed by atoms with E-state index in [0.29, 0.717) is 10.6 Å². The van der Waals surface area contributed by atoms with Crippen LogP contribution in [-0.4, -0.2) is 35.4 Å².